The van der Waals surface area contributed by atoms with Crippen LogP contribution in [0.25, 0.3) is 34.0 Å². The van der Waals surface area contributed by atoms with Crippen molar-refractivity contribution >= 4 is 15.7 Å². The zero-order chi connectivity index (χ0) is 25.2. The summed E-state index contributed by atoms with van der Waals surface area (Å²) >= 11 is 0. The predicted molar refractivity (Wildman–Crippen MR) is 128 cm³/mol. The first-order valence-corrected chi connectivity index (χ1v) is 11.8. The zero-order valence-electron chi connectivity index (χ0n) is 20.2. The van der Waals surface area contributed by atoms with Crippen LogP contribution in [-0.4, -0.2) is 35.8 Å². The molecule has 0 radical (unpaired) electrons. The number of benzene rings is 2. The number of sulfone groups is 1. The van der Waals surface area contributed by atoms with Crippen LogP contribution in [0.4, 0.5) is 5.82 Å². The van der Waals surface area contributed by atoms with Crippen LogP contribution in [-0.2, 0) is 16.4 Å². The highest BCUT2D eigenvalue weighted by Crippen LogP contribution is 2.30. The fourth-order valence-electron chi connectivity index (χ4n) is 3.24. The van der Waals surface area contributed by atoms with Gasteiger partial charge in [0.05, 0.1) is 22.0 Å². The standard InChI is InChI=1S/C24H25N5O3S/c1-15(2)33(30,31)19-10-8-18(9-11-19)21-14-27-24(25)23(28-21)22-12-20(29-32-22)17-6-4-16(5-7-17)13-26-3/h4-12,14-15,26H,13H2,1-3H3,(H2,25,27)/i3D2. The summed E-state index contributed by atoms with van der Waals surface area (Å²) in [6.07, 6.45) is 1.52. The number of hydrogen-bond acceptors (Lipinski definition) is 8. The summed E-state index contributed by atoms with van der Waals surface area (Å²) in [5.74, 6) is 0.528. The molecule has 33 heavy (non-hydrogen) atoms. The van der Waals surface area contributed by atoms with Crippen LogP contribution < -0.4 is 11.1 Å². The van der Waals surface area contributed by atoms with Crippen molar-refractivity contribution in [3.05, 3.63) is 66.4 Å². The molecule has 2 aromatic carbocycles. The van der Waals surface area contributed by atoms with E-state index in [1.54, 1.807) is 44.2 Å². The third-order valence-corrected chi connectivity index (χ3v) is 7.37. The summed E-state index contributed by atoms with van der Waals surface area (Å²) in [6, 6.07) is 15.7. The molecule has 0 aliphatic heterocycles. The number of nitrogens with zero attached hydrogens (tertiary/aromatic N) is 3. The summed E-state index contributed by atoms with van der Waals surface area (Å²) in [7, 11) is -3.37. The first kappa shape index (κ1) is 20.1. The highest BCUT2D eigenvalue weighted by atomic mass is 32.2. The first-order chi connectivity index (χ1) is 16.6. The number of nitrogens with two attached hydrogens (primary N) is 1. The molecule has 0 aliphatic rings. The molecular weight excluding hydrogens is 438 g/mol. The SMILES string of the molecule is [2H]C([2H])NCc1ccc(-c2cc(-c3nc(-c4ccc(S(=O)(=O)C(C)C)cc4)cnc3N)on2)cc1. The average molecular weight is 466 g/mol. The summed E-state index contributed by atoms with van der Waals surface area (Å²) < 4.78 is 44.7. The maximum Gasteiger partial charge on any atom is 0.189 e. The van der Waals surface area contributed by atoms with E-state index in [0.29, 0.717) is 35.0 Å². The molecule has 4 aromatic rings. The van der Waals surface area contributed by atoms with E-state index in [-0.39, 0.29) is 10.7 Å². The van der Waals surface area contributed by atoms with Gasteiger partial charge < -0.3 is 15.6 Å². The minimum atomic E-state index is -3.37. The Labute approximate surface area is 195 Å². The minimum Gasteiger partial charge on any atom is -0.382 e. The molecule has 9 heteroatoms. The smallest absolute Gasteiger partial charge is 0.189 e. The van der Waals surface area contributed by atoms with Gasteiger partial charge in [0.1, 0.15) is 5.69 Å². The van der Waals surface area contributed by atoms with Crippen molar-refractivity contribution in [1.29, 1.82) is 0 Å². The van der Waals surface area contributed by atoms with Crippen molar-refractivity contribution in [3.63, 3.8) is 0 Å². The maximum absolute atomic E-state index is 12.4. The van der Waals surface area contributed by atoms with E-state index in [1.807, 2.05) is 24.3 Å². The van der Waals surface area contributed by atoms with E-state index in [9.17, 15) is 8.42 Å². The van der Waals surface area contributed by atoms with Crippen molar-refractivity contribution in [1.82, 2.24) is 20.4 Å². The lowest BCUT2D eigenvalue weighted by molar-refractivity contribution is 0.434. The molecule has 0 fully saturated rings. The van der Waals surface area contributed by atoms with Gasteiger partial charge in [-0.15, -0.1) is 0 Å². The molecule has 8 nitrogen and oxygen atoms in total. The summed E-state index contributed by atoms with van der Waals surface area (Å²) in [4.78, 5) is 9.07. The monoisotopic (exact) mass is 465 g/mol. The van der Waals surface area contributed by atoms with E-state index >= 15 is 0 Å². The second-order valence-electron chi connectivity index (χ2n) is 7.76. The Bertz CT molecular complexity index is 1420. The fourth-order valence-corrected chi connectivity index (χ4v) is 4.30. The Hall–Kier alpha value is -3.56. The van der Waals surface area contributed by atoms with Crippen LogP contribution in [0.2, 0.25) is 0 Å². The third kappa shape index (κ3) is 4.64. The number of nitrogens with one attached hydrogen (secondary N) is 1. The van der Waals surface area contributed by atoms with Crippen molar-refractivity contribution in [3.8, 4) is 34.0 Å². The Kier molecular flexibility index (Phi) is 5.55. The average Bonchev–Trinajstić information content (AvgIpc) is 3.33. The highest BCUT2D eigenvalue weighted by molar-refractivity contribution is 7.92. The quantitative estimate of drug-likeness (QED) is 0.420. The normalized spacial score (nSPS) is 12.7. The topological polar surface area (TPSA) is 124 Å². The molecule has 0 spiro atoms. The lowest BCUT2D eigenvalue weighted by Gasteiger charge is -2.09. The molecule has 4 rings (SSSR count). The van der Waals surface area contributed by atoms with E-state index in [4.69, 9.17) is 13.0 Å². The Balaban J connectivity index is 1.58. The summed E-state index contributed by atoms with van der Waals surface area (Å²) in [5, 5.41) is 6.34. The second kappa shape index (κ2) is 9.13. The maximum atomic E-state index is 12.4. The van der Waals surface area contributed by atoms with Gasteiger partial charge in [-0.2, -0.15) is 0 Å². The van der Waals surface area contributed by atoms with E-state index in [0.717, 1.165) is 11.1 Å². The molecule has 0 bridgehead atoms. The molecule has 0 saturated heterocycles. The Morgan fingerprint density at radius 3 is 2.39 bits per heavy atom. The number of aromatic nitrogens is 3. The van der Waals surface area contributed by atoms with Crippen LogP contribution in [0.1, 0.15) is 22.2 Å². The molecule has 0 atom stereocenters. The molecular formula is C24H25N5O3S. The third-order valence-electron chi connectivity index (χ3n) is 5.20. The lowest BCUT2D eigenvalue weighted by atomic mass is 10.1. The number of anilines is 1. The summed E-state index contributed by atoms with van der Waals surface area (Å²) in [6.45, 7) is 2.63. The van der Waals surface area contributed by atoms with Gasteiger partial charge in [0, 0.05) is 26.5 Å². The summed E-state index contributed by atoms with van der Waals surface area (Å²) in [5.41, 5.74) is 9.95. The lowest BCUT2D eigenvalue weighted by Crippen LogP contribution is -2.13. The van der Waals surface area contributed by atoms with Gasteiger partial charge in [-0.1, -0.05) is 41.6 Å². The highest BCUT2D eigenvalue weighted by Gasteiger charge is 2.20. The van der Waals surface area contributed by atoms with Gasteiger partial charge in [0.2, 0.25) is 0 Å². The van der Waals surface area contributed by atoms with Gasteiger partial charge in [0.15, 0.2) is 27.1 Å². The van der Waals surface area contributed by atoms with Crippen LogP contribution in [0.15, 0.2) is 70.2 Å². The first-order valence-electron chi connectivity index (χ1n) is 11.4. The second-order valence-corrected chi connectivity index (χ2v) is 10.3. The number of nitrogen functional groups attached to an aromatic ring is 1. The molecule has 0 unspecified atom stereocenters. The van der Waals surface area contributed by atoms with Gasteiger partial charge in [-0.3, -0.25) is 0 Å². The molecule has 2 aromatic heterocycles. The van der Waals surface area contributed by atoms with Crippen LogP contribution in [0.5, 0.6) is 0 Å². The molecule has 2 heterocycles. The van der Waals surface area contributed by atoms with Crippen molar-refractivity contribution < 1.29 is 15.7 Å². The van der Waals surface area contributed by atoms with Gasteiger partial charge >= 0.3 is 0 Å². The predicted octanol–water partition coefficient (Wildman–Crippen LogP) is 3.95. The van der Waals surface area contributed by atoms with Crippen molar-refractivity contribution in [2.24, 2.45) is 0 Å². The number of rotatable bonds is 7. The molecule has 0 amide bonds. The molecule has 170 valence electrons. The van der Waals surface area contributed by atoms with Crippen LogP contribution >= 0.6 is 0 Å². The van der Waals surface area contributed by atoms with Crippen LogP contribution in [0.3, 0.4) is 0 Å². The molecule has 0 saturated carbocycles. The Morgan fingerprint density at radius 1 is 1.06 bits per heavy atom. The van der Waals surface area contributed by atoms with E-state index < -0.39 is 22.1 Å². The van der Waals surface area contributed by atoms with Gasteiger partial charge in [0.25, 0.3) is 0 Å². The Morgan fingerprint density at radius 2 is 1.73 bits per heavy atom. The zero-order valence-corrected chi connectivity index (χ0v) is 19.0. The largest absolute Gasteiger partial charge is 0.382 e. The van der Waals surface area contributed by atoms with Crippen molar-refractivity contribution in [2.45, 2.75) is 30.5 Å². The molecule has 0 aliphatic carbocycles. The van der Waals surface area contributed by atoms with Gasteiger partial charge in [-0.05, 0) is 38.5 Å². The fraction of sp³-hybridized carbons (Fsp3) is 0.208. The number of hydrogen-bond donors (Lipinski definition) is 2. The van der Waals surface area contributed by atoms with Crippen molar-refractivity contribution in [2.75, 3.05) is 12.7 Å². The van der Waals surface area contributed by atoms with E-state index in [1.165, 1.54) is 6.20 Å². The van der Waals surface area contributed by atoms with Gasteiger partial charge in [-0.25, -0.2) is 18.4 Å². The minimum absolute atomic E-state index is 0.178. The van der Waals surface area contributed by atoms with Crippen LogP contribution in [0, 0.1) is 0 Å². The molecule has 3 N–H and O–H groups in total. The van der Waals surface area contributed by atoms with E-state index in [2.05, 4.69) is 20.4 Å².